The minimum atomic E-state index is -3.49. The van der Waals surface area contributed by atoms with Gasteiger partial charge in [0.15, 0.2) is 6.61 Å². The Morgan fingerprint density at radius 3 is 2.65 bits per heavy atom. The topological polar surface area (TPSA) is 102 Å². The van der Waals surface area contributed by atoms with Crippen molar-refractivity contribution in [1.29, 1.82) is 0 Å². The van der Waals surface area contributed by atoms with Gasteiger partial charge in [0.05, 0.1) is 13.0 Å². The van der Waals surface area contributed by atoms with E-state index in [1.807, 2.05) is 0 Å². The van der Waals surface area contributed by atoms with E-state index in [0.717, 1.165) is 30.6 Å². The summed E-state index contributed by atoms with van der Waals surface area (Å²) in [4.78, 5) is 24.5. The molecule has 1 N–H and O–H groups in total. The number of esters is 1. The van der Waals surface area contributed by atoms with E-state index in [1.165, 1.54) is 4.31 Å². The number of amides is 1. The summed E-state index contributed by atoms with van der Waals surface area (Å²) in [6, 6.07) is 9.94. The van der Waals surface area contributed by atoms with Crippen LogP contribution in [0.1, 0.15) is 31.1 Å². The number of sulfonamides is 1. The predicted molar refractivity (Wildman–Crippen MR) is 118 cm³/mol. The second-order valence-corrected chi connectivity index (χ2v) is 10.4. The van der Waals surface area contributed by atoms with Gasteiger partial charge < -0.3 is 14.8 Å². The molecule has 3 rings (SSSR count). The summed E-state index contributed by atoms with van der Waals surface area (Å²) in [7, 11) is -3.49. The van der Waals surface area contributed by atoms with Crippen molar-refractivity contribution >= 4 is 38.9 Å². The lowest BCUT2D eigenvalue weighted by Gasteiger charge is -2.25. The largest absolute Gasteiger partial charge is 0.482 e. The van der Waals surface area contributed by atoms with Crippen LogP contribution in [0.4, 0.5) is 5.69 Å². The van der Waals surface area contributed by atoms with Crippen LogP contribution < -0.4 is 10.1 Å². The van der Waals surface area contributed by atoms with Crippen molar-refractivity contribution in [2.24, 2.45) is 0 Å². The molecule has 8 nitrogen and oxygen atoms in total. The smallest absolute Gasteiger partial charge is 0.344 e. The number of rotatable bonds is 9. The zero-order valence-electron chi connectivity index (χ0n) is 17.3. The van der Waals surface area contributed by atoms with Crippen LogP contribution in [0.2, 0.25) is 0 Å². The molecule has 1 aromatic heterocycles. The van der Waals surface area contributed by atoms with Gasteiger partial charge in [0.2, 0.25) is 5.91 Å². The van der Waals surface area contributed by atoms with Crippen LogP contribution in [-0.2, 0) is 30.8 Å². The molecule has 1 saturated heterocycles. The van der Waals surface area contributed by atoms with E-state index in [1.54, 1.807) is 43.3 Å². The van der Waals surface area contributed by atoms with Crippen molar-refractivity contribution in [2.45, 2.75) is 36.8 Å². The second-order valence-electron chi connectivity index (χ2n) is 7.03. The zero-order valence-corrected chi connectivity index (χ0v) is 19.0. The van der Waals surface area contributed by atoms with Gasteiger partial charge in [0, 0.05) is 29.7 Å². The lowest BCUT2D eigenvalue weighted by molar-refractivity contribution is -0.145. The highest BCUT2D eigenvalue weighted by Gasteiger charge is 2.27. The summed E-state index contributed by atoms with van der Waals surface area (Å²) < 4.78 is 37.5. The Kier molecular flexibility index (Phi) is 8.05. The normalized spacial score (nSPS) is 14.7. The first-order valence-electron chi connectivity index (χ1n) is 10.2. The van der Waals surface area contributed by atoms with Gasteiger partial charge in [-0.3, -0.25) is 4.79 Å². The number of anilines is 1. The maximum absolute atomic E-state index is 12.8. The molecule has 168 valence electrons. The van der Waals surface area contributed by atoms with E-state index in [9.17, 15) is 18.0 Å². The van der Waals surface area contributed by atoms with Crippen molar-refractivity contribution in [3.63, 3.8) is 0 Å². The molecule has 0 aliphatic carbocycles. The van der Waals surface area contributed by atoms with Crippen LogP contribution in [0.15, 0.2) is 40.6 Å². The average Bonchev–Trinajstić information content (AvgIpc) is 3.22. The van der Waals surface area contributed by atoms with Crippen molar-refractivity contribution in [1.82, 2.24) is 4.31 Å². The maximum atomic E-state index is 12.8. The monoisotopic (exact) mass is 466 g/mol. The molecular weight excluding hydrogens is 440 g/mol. The number of ether oxygens (including phenoxy) is 2. The summed E-state index contributed by atoms with van der Waals surface area (Å²) in [5.41, 5.74) is 0.518. The summed E-state index contributed by atoms with van der Waals surface area (Å²) in [6.45, 7) is 2.87. The number of benzene rings is 1. The number of carbonyl (C=O) groups is 2. The molecule has 10 heteroatoms. The van der Waals surface area contributed by atoms with Crippen molar-refractivity contribution < 1.29 is 27.5 Å². The van der Waals surface area contributed by atoms with Crippen molar-refractivity contribution in [2.75, 3.05) is 31.6 Å². The van der Waals surface area contributed by atoms with Crippen LogP contribution >= 0.6 is 11.3 Å². The third-order valence-electron chi connectivity index (χ3n) is 4.66. The van der Waals surface area contributed by atoms with Gasteiger partial charge in [0.25, 0.3) is 10.0 Å². The lowest BCUT2D eigenvalue weighted by atomic mass is 10.2. The van der Waals surface area contributed by atoms with Crippen molar-refractivity contribution in [3.05, 3.63) is 41.3 Å². The predicted octanol–water partition coefficient (Wildman–Crippen LogP) is 3.05. The van der Waals surface area contributed by atoms with Crippen LogP contribution in [0.3, 0.4) is 0 Å². The molecule has 0 atom stereocenters. The fraction of sp³-hybridized carbons (Fsp3) is 0.429. The zero-order chi connectivity index (χ0) is 22.3. The number of nitrogens with one attached hydrogen (secondary N) is 1. The molecule has 2 heterocycles. The number of hydrogen-bond donors (Lipinski definition) is 1. The van der Waals surface area contributed by atoms with Gasteiger partial charge in [-0.05, 0) is 44.0 Å². The Morgan fingerprint density at radius 2 is 1.90 bits per heavy atom. The van der Waals surface area contributed by atoms with Crippen LogP contribution in [0.5, 0.6) is 5.75 Å². The third kappa shape index (κ3) is 6.52. The molecule has 2 aromatic rings. The number of piperidine rings is 1. The molecule has 0 unspecified atom stereocenters. The summed E-state index contributed by atoms with van der Waals surface area (Å²) in [5, 5.41) is 2.77. The molecule has 1 aliphatic rings. The maximum Gasteiger partial charge on any atom is 0.344 e. The molecule has 0 radical (unpaired) electrons. The molecule has 1 aliphatic heterocycles. The fourth-order valence-corrected chi connectivity index (χ4v) is 6.22. The molecule has 1 amide bonds. The Bertz CT molecular complexity index is 1010. The lowest BCUT2D eigenvalue weighted by Crippen LogP contribution is -2.35. The van der Waals surface area contributed by atoms with E-state index in [2.05, 4.69) is 5.32 Å². The quantitative estimate of drug-likeness (QED) is 0.570. The fourth-order valence-electron chi connectivity index (χ4n) is 3.20. The molecule has 0 spiro atoms. The minimum Gasteiger partial charge on any atom is -0.482 e. The van der Waals surface area contributed by atoms with E-state index in [4.69, 9.17) is 9.47 Å². The van der Waals surface area contributed by atoms with Gasteiger partial charge in [-0.25, -0.2) is 13.2 Å². The van der Waals surface area contributed by atoms with Crippen LogP contribution in [0, 0.1) is 0 Å². The van der Waals surface area contributed by atoms with Gasteiger partial charge in [-0.1, -0.05) is 12.5 Å². The average molecular weight is 467 g/mol. The van der Waals surface area contributed by atoms with E-state index >= 15 is 0 Å². The Labute approximate surface area is 186 Å². The number of nitrogens with zero attached hydrogens (tertiary/aromatic N) is 1. The first-order chi connectivity index (χ1) is 14.9. The molecular formula is C21H26N2O6S2. The van der Waals surface area contributed by atoms with E-state index in [0.29, 0.717) is 29.4 Å². The first kappa shape index (κ1) is 23.2. The van der Waals surface area contributed by atoms with E-state index in [-0.39, 0.29) is 29.8 Å². The van der Waals surface area contributed by atoms with E-state index < -0.39 is 16.0 Å². The molecule has 1 fully saturated rings. The highest BCUT2D eigenvalue weighted by atomic mass is 32.2. The standard InChI is InChI=1S/C21H26N2O6S2/c1-2-28-20(25)15-29-17-8-6-7-16(13-17)22-19(24)14-18-9-10-21(30-18)31(26,27)23-11-4-3-5-12-23/h6-10,13H,2-5,11-12,14-15H2,1H3,(H,22,24). The molecule has 31 heavy (non-hydrogen) atoms. The highest BCUT2D eigenvalue weighted by Crippen LogP contribution is 2.27. The number of thiophene rings is 1. The third-order valence-corrected chi connectivity index (χ3v) is 8.11. The Hall–Kier alpha value is -2.43. The van der Waals surface area contributed by atoms with Gasteiger partial charge in [-0.2, -0.15) is 4.31 Å². The number of carbonyl (C=O) groups excluding carboxylic acids is 2. The Morgan fingerprint density at radius 1 is 1.13 bits per heavy atom. The summed E-state index contributed by atoms with van der Waals surface area (Å²) >= 11 is 1.12. The van der Waals surface area contributed by atoms with Crippen molar-refractivity contribution in [3.8, 4) is 5.75 Å². The first-order valence-corrected chi connectivity index (χ1v) is 12.4. The van der Waals surface area contributed by atoms with Gasteiger partial charge in [-0.15, -0.1) is 11.3 Å². The van der Waals surface area contributed by atoms with Crippen LogP contribution in [-0.4, -0.2) is 50.9 Å². The Balaban J connectivity index is 1.57. The van der Waals surface area contributed by atoms with Crippen LogP contribution in [0.25, 0.3) is 0 Å². The number of hydrogen-bond acceptors (Lipinski definition) is 7. The second kappa shape index (κ2) is 10.7. The van der Waals surface area contributed by atoms with Gasteiger partial charge >= 0.3 is 5.97 Å². The highest BCUT2D eigenvalue weighted by molar-refractivity contribution is 7.91. The SMILES string of the molecule is CCOC(=O)COc1cccc(NC(=O)Cc2ccc(S(=O)(=O)N3CCCCC3)s2)c1. The minimum absolute atomic E-state index is 0.0636. The molecule has 0 bridgehead atoms. The molecule has 1 aromatic carbocycles. The molecule has 0 saturated carbocycles. The van der Waals surface area contributed by atoms with Gasteiger partial charge in [0.1, 0.15) is 9.96 Å². The summed E-state index contributed by atoms with van der Waals surface area (Å²) in [6.07, 6.45) is 2.87. The summed E-state index contributed by atoms with van der Waals surface area (Å²) in [5.74, 6) is -0.312.